The topological polar surface area (TPSA) is 95.0 Å². The number of aromatic nitrogens is 1. The molecule has 0 aliphatic carbocycles. The minimum absolute atomic E-state index is 0.0616. The number of piperidine rings is 1. The van der Waals surface area contributed by atoms with Gasteiger partial charge in [-0.15, -0.1) is 0 Å². The predicted molar refractivity (Wildman–Crippen MR) is 107 cm³/mol. The van der Waals surface area contributed by atoms with Gasteiger partial charge in [0.25, 0.3) is 0 Å². The van der Waals surface area contributed by atoms with Crippen molar-refractivity contribution in [2.24, 2.45) is 11.7 Å². The highest BCUT2D eigenvalue weighted by molar-refractivity contribution is 5.95. The van der Waals surface area contributed by atoms with Crippen LogP contribution < -0.4 is 16.0 Å². The van der Waals surface area contributed by atoms with E-state index in [0.717, 1.165) is 42.5 Å². The molecule has 0 radical (unpaired) electrons. The Morgan fingerprint density at radius 1 is 1.44 bits per heavy atom. The number of nitriles is 1. The van der Waals surface area contributed by atoms with E-state index < -0.39 is 6.04 Å². The second-order valence-electron chi connectivity index (χ2n) is 7.49. The van der Waals surface area contributed by atoms with Crippen LogP contribution in [0.3, 0.4) is 0 Å². The maximum atomic E-state index is 12.3. The Bertz CT molecular complexity index is 859. The lowest BCUT2D eigenvalue weighted by Gasteiger charge is -2.39. The number of nitrogens with two attached hydrogens (primary N) is 1. The lowest BCUT2D eigenvalue weighted by molar-refractivity contribution is -0.123. The van der Waals surface area contributed by atoms with E-state index in [2.05, 4.69) is 28.2 Å². The molecule has 1 unspecified atom stereocenters. The van der Waals surface area contributed by atoms with Crippen molar-refractivity contribution in [3.8, 4) is 6.07 Å². The van der Waals surface area contributed by atoms with Crippen LogP contribution in [-0.4, -0.2) is 36.1 Å². The first-order valence-electron chi connectivity index (χ1n) is 9.62. The monoisotopic (exact) mass is 365 g/mol. The van der Waals surface area contributed by atoms with E-state index >= 15 is 0 Å². The number of amides is 1. The van der Waals surface area contributed by atoms with Crippen molar-refractivity contribution in [3.63, 3.8) is 0 Å². The highest BCUT2D eigenvalue weighted by Crippen LogP contribution is 2.31. The summed E-state index contributed by atoms with van der Waals surface area (Å²) in [5.41, 5.74) is 8.33. The van der Waals surface area contributed by atoms with Gasteiger partial charge in [-0.1, -0.05) is 20.3 Å². The molecule has 1 aromatic heterocycles. The first-order valence-corrected chi connectivity index (χ1v) is 9.62. The average Bonchev–Trinajstić information content (AvgIpc) is 2.66. The molecule has 0 bridgehead atoms. The third kappa shape index (κ3) is 4.20. The second-order valence-corrected chi connectivity index (χ2v) is 7.49. The third-order valence-corrected chi connectivity index (χ3v) is 5.15. The zero-order valence-corrected chi connectivity index (χ0v) is 16.0. The molecule has 2 heterocycles. The first kappa shape index (κ1) is 19.1. The van der Waals surface area contributed by atoms with Gasteiger partial charge in [-0.25, -0.2) is 0 Å². The summed E-state index contributed by atoms with van der Waals surface area (Å²) in [6, 6.07) is 9.55. The summed E-state index contributed by atoms with van der Waals surface area (Å²) in [5, 5.41) is 13.5. The number of fused-ring (bicyclic) bond motifs is 1. The summed E-state index contributed by atoms with van der Waals surface area (Å²) in [6.07, 6.45) is 4.24. The average molecular weight is 365 g/mol. The molecule has 6 nitrogen and oxygen atoms in total. The first-order chi connectivity index (χ1) is 13.0. The molecule has 6 heteroatoms. The molecule has 2 aromatic rings. The van der Waals surface area contributed by atoms with Gasteiger partial charge in [0, 0.05) is 36.4 Å². The molecule has 0 saturated carbocycles. The van der Waals surface area contributed by atoms with Crippen molar-refractivity contribution in [2.45, 2.75) is 45.2 Å². The van der Waals surface area contributed by atoms with Crippen LogP contribution in [0.1, 0.15) is 38.7 Å². The normalized spacial score (nSPS) is 20.9. The molecule has 3 rings (SSSR count). The maximum Gasteiger partial charge on any atom is 0.237 e. The zero-order valence-electron chi connectivity index (χ0n) is 16.0. The Balaban J connectivity index is 1.84. The van der Waals surface area contributed by atoms with Crippen molar-refractivity contribution < 1.29 is 4.79 Å². The molecule has 3 N–H and O–H groups in total. The standard InChI is InChI=1S/C21H27N5O/c1-3-5-18(23)21(27)25-16-10-14(2)12-26(13-16)19-8-7-15(11-22)20-17(19)6-4-9-24-20/h4,6-9,14,16,18H,3,5,10,12-13,23H2,1-2H3,(H,25,27)/t14-,16+,18?/m0/s1. The summed E-state index contributed by atoms with van der Waals surface area (Å²) in [4.78, 5) is 19.0. The van der Waals surface area contributed by atoms with Crippen molar-refractivity contribution in [1.82, 2.24) is 10.3 Å². The lowest BCUT2D eigenvalue weighted by atomic mass is 9.94. The Kier molecular flexibility index (Phi) is 5.92. The maximum absolute atomic E-state index is 12.3. The van der Waals surface area contributed by atoms with Gasteiger partial charge in [0.15, 0.2) is 0 Å². The number of hydrogen-bond acceptors (Lipinski definition) is 5. The van der Waals surface area contributed by atoms with E-state index in [9.17, 15) is 10.1 Å². The van der Waals surface area contributed by atoms with Crippen molar-refractivity contribution in [3.05, 3.63) is 36.0 Å². The Labute approximate surface area is 160 Å². The van der Waals surface area contributed by atoms with Crippen LogP contribution in [0.4, 0.5) is 5.69 Å². The fourth-order valence-electron chi connectivity index (χ4n) is 3.93. The molecule has 1 fully saturated rings. The SMILES string of the molecule is CCCC(N)C(=O)N[C@@H]1C[C@H](C)CN(c2ccc(C#N)c3ncccc23)C1. The van der Waals surface area contributed by atoms with Crippen molar-refractivity contribution >= 4 is 22.5 Å². The van der Waals surface area contributed by atoms with Gasteiger partial charge in [-0.05, 0) is 43.0 Å². The van der Waals surface area contributed by atoms with Crippen LogP contribution in [0, 0.1) is 17.2 Å². The van der Waals surface area contributed by atoms with E-state index in [1.165, 1.54) is 0 Å². The number of carbonyl (C=O) groups excluding carboxylic acids is 1. The molecule has 27 heavy (non-hydrogen) atoms. The van der Waals surface area contributed by atoms with Gasteiger partial charge in [0.05, 0.1) is 17.1 Å². The number of nitrogens with zero attached hydrogens (tertiary/aromatic N) is 3. The Morgan fingerprint density at radius 3 is 3.00 bits per heavy atom. The van der Waals surface area contributed by atoms with Gasteiger partial charge >= 0.3 is 0 Å². The van der Waals surface area contributed by atoms with Crippen LogP contribution in [0.15, 0.2) is 30.5 Å². The Morgan fingerprint density at radius 2 is 2.26 bits per heavy atom. The van der Waals surface area contributed by atoms with E-state index in [1.807, 2.05) is 31.2 Å². The van der Waals surface area contributed by atoms with E-state index in [0.29, 0.717) is 17.9 Å². The van der Waals surface area contributed by atoms with Gasteiger partial charge < -0.3 is 16.0 Å². The second kappa shape index (κ2) is 8.36. The molecular formula is C21H27N5O. The van der Waals surface area contributed by atoms with Crippen LogP contribution in [-0.2, 0) is 4.79 Å². The number of anilines is 1. The minimum Gasteiger partial charge on any atom is -0.369 e. The van der Waals surface area contributed by atoms with Crippen LogP contribution in [0.5, 0.6) is 0 Å². The van der Waals surface area contributed by atoms with Gasteiger partial charge in [-0.2, -0.15) is 5.26 Å². The number of carbonyl (C=O) groups is 1. The van der Waals surface area contributed by atoms with Crippen LogP contribution >= 0.6 is 0 Å². The van der Waals surface area contributed by atoms with E-state index in [-0.39, 0.29) is 11.9 Å². The predicted octanol–water partition coefficient (Wildman–Crippen LogP) is 2.56. The fourth-order valence-corrected chi connectivity index (χ4v) is 3.93. The summed E-state index contributed by atoms with van der Waals surface area (Å²) in [6.45, 7) is 5.86. The molecule has 1 amide bonds. The molecule has 3 atom stereocenters. The van der Waals surface area contributed by atoms with Crippen LogP contribution in [0.25, 0.3) is 10.9 Å². The van der Waals surface area contributed by atoms with Gasteiger partial charge in [-0.3, -0.25) is 9.78 Å². The van der Waals surface area contributed by atoms with E-state index in [4.69, 9.17) is 5.73 Å². The number of pyridine rings is 1. The largest absolute Gasteiger partial charge is 0.369 e. The quantitative estimate of drug-likeness (QED) is 0.849. The minimum atomic E-state index is -0.444. The van der Waals surface area contributed by atoms with Gasteiger partial charge in [0.1, 0.15) is 6.07 Å². The third-order valence-electron chi connectivity index (χ3n) is 5.15. The number of benzene rings is 1. The highest BCUT2D eigenvalue weighted by Gasteiger charge is 2.28. The highest BCUT2D eigenvalue weighted by atomic mass is 16.2. The summed E-state index contributed by atoms with van der Waals surface area (Å²) >= 11 is 0. The Hall–Kier alpha value is -2.65. The number of hydrogen-bond donors (Lipinski definition) is 2. The van der Waals surface area contributed by atoms with Crippen molar-refractivity contribution in [2.75, 3.05) is 18.0 Å². The molecule has 0 spiro atoms. The molecule has 1 aliphatic heterocycles. The summed E-state index contributed by atoms with van der Waals surface area (Å²) in [7, 11) is 0. The molecule has 142 valence electrons. The van der Waals surface area contributed by atoms with Gasteiger partial charge in [0.2, 0.25) is 5.91 Å². The molecule has 1 aliphatic rings. The molecule has 1 saturated heterocycles. The van der Waals surface area contributed by atoms with E-state index in [1.54, 1.807) is 6.20 Å². The smallest absolute Gasteiger partial charge is 0.237 e. The van der Waals surface area contributed by atoms with Crippen LogP contribution in [0.2, 0.25) is 0 Å². The molecule has 1 aromatic carbocycles. The number of nitrogens with one attached hydrogen (secondary N) is 1. The number of rotatable bonds is 5. The fraction of sp³-hybridized carbons (Fsp3) is 0.476. The summed E-state index contributed by atoms with van der Waals surface area (Å²) in [5.74, 6) is 0.371. The summed E-state index contributed by atoms with van der Waals surface area (Å²) < 4.78 is 0. The molecular weight excluding hydrogens is 338 g/mol. The lowest BCUT2D eigenvalue weighted by Crippen LogP contribution is -2.53. The zero-order chi connectivity index (χ0) is 19.4. The van der Waals surface area contributed by atoms with Crippen molar-refractivity contribution in [1.29, 1.82) is 5.26 Å².